The van der Waals surface area contributed by atoms with Gasteiger partial charge in [0.1, 0.15) is 0 Å². The fourth-order valence-electron chi connectivity index (χ4n) is 2.59. The van der Waals surface area contributed by atoms with Crippen LogP contribution in [0.5, 0.6) is 0 Å². The summed E-state index contributed by atoms with van der Waals surface area (Å²) in [6, 6.07) is 16.6. The Balaban J connectivity index is 1.58. The topological polar surface area (TPSA) is 41.9 Å². The molecule has 0 bridgehead atoms. The predicted octanol–water partition coefficient (Wildman–Crippen LogP) is 4.61. The molecule has 0 saturated heterocycles. The van der Waals surface area contributed by atoms with Crippen LogP contribution >= 0.6 is 12.2 Å². The quantitative estimate of drug-likeness (QED) is 0.659. The summed E-state index contributed by atoms with van der Waals surface area (Å²) < 4.78 is 1.91. The van der Waals surface area contributed by atoms with Crippen molar-refractivity contribution in [1.29, 1.82) is 0 Å². The molecule has 2 N–H and O–H groups in total. The summed E-state index contributed by atoms with van der Waals surface area (Å²) in [5.41, 5.74) is 5.68. The van der Waals surface area contributed by atoms with Gasteiger partial charge < -0.3 is 10.6 Å². The van der Waals surface area contributed by atoms with Crippen LogP contribution in [0.25, 0.3) is 0 Å². The molecule has 0 saturated carbocycles. The maximum atomic E-state index is 5.38. The number of hydrogen-bond donors (Lipinski definition) is 2. The first-order valence-corrected chi connectivity index (χ1v) is 8.79. The van der Waals surface area contributed by atoms with Crippen LogP contribution in [0.2, 0.25) is 0 Å². The van der Waals surface area contributed by atoms with Crippen molar-refractivity contribution in [2.24, 2.45) is 0 Å². The number of hydrogen-bond acceptors (Lipinski definition) is 2. The summed E-state index contributed by atoms with van der Waals surface area (Å²) in [5, 5.41) is 11.3. The van der Waals surface area contributed by atoms with Crippen LogP contribution in [0.1, 0.15) is 23.6 Å². The third-order valence-corrected chi connectivity index (χ3v) is 4.31. The zero-order chi connectivity index (χ0) is 17.6. The monoisotopic (exact) mass is 350 g/mol. The zero-order valence-electron chi connectivity index (χ0n) is 14.5. The van der Waals surface area contributed by atoms with Crippen LogP contribution in [0.15, 0.2) is 60.9 Å². The molecule has 3 aromatic rings. The van der Waals surface area contributed by atoms with E-state index in [1.807, 2.05) is 35.1 Å². The molecule has 0 atom stereocenters. The van der Waals surface area contributed by atoms with Crippen molar-refractivity contribution >= 4 is 28.7 Å². The van der Waals surface area contributed by atoms with Crippen LogP contribution in [0.3, 0.4) is 0 Å². The van der Waals surface area contributed by atoms with Gasteiger partial charge in [-0.05, 0) is 54.4 Å². The Bertz CT molecular complexity index is 852. The lowest BCUT2D eigenvalue weighted by Gasteiger charge is -2.09. The third kappa shape index (κ3) is 4.67. The van der Waals surface area contributed by atoms with Gasteiger partial charge in [0.25, 0.3) is 0 Å². The van der Waals surface area contributed by atoms with Gasteiger partial charge in [0.05, 0.1) is 18.4 Å². The number of nitrogens with one attached hydrogen (secondary N) is 2. The Morgan fingerprint density at radius 2 is 1.76 bits per heavy atom. The minimum Gasteiger partial charge on any atom is -0.332 e. The Morgan fingerprint density at radius 3 is 2.48 bits per heavy atom. The first-order chi connectivity index (χ1) is 12.1. The molecular weight excluding hydrogens is 328 g/mol. The van der Waals surface area contributed by atoms with Crippen molar-refractivity contribution in [3.63, 3.8) is 0 Å². The lowest BCUT2D eigenvalue weighted by Crippen LogP contribution is -2.18. The molecule has 3 rings (SSSR count). The fraction of sp³-hybridized carbons (Fsp3) is 0.200. The van der Waals surface area contributed by atoms with Crippen molar-refractivity contribution in [3.8, 4) is 0 Å². The van der Waals surface area contributed by atoms with E-state index in [2.05, 4.69) is 53.8 Å². The molecule has 1 heterocycles. The van der Waals surface area contributed by atoms with E-state index in [0.717, 1.165) is 24.3 Å². The smallest absolute Gasteiger partial charge is 0.175 e. The molecule has 0 aliphatic carbocycles. The highest BCUT2D eigenvalue weighted by Gasteiger charge is 2.04. The summed E-state index contributed by atoms with van der Waals surface area (Å²) >= 11 is 5.38. The number of rotatable bonds is 5. The molecule has 0 spiro atoms. The van der Waals surface area contributed by atoms with Gasteiger partial charge in [0.15, 0.2) is 5.11 Å². The maximum Gasteiger partial charge on any atom is 0.175 e. The first-order valence-electron chi connectivity index (χ1n) is 8.38. The van der Waals surface area contributed by atoms with Crippen molar-refractivity contribution < 1.29 is 0 Å². The van der Waals surface area contributed by atoms with Crippen LogP contribution < -0.4 is 10.6 Å². The lowest BCUT2D eigenvalue weighted by atomic mass is 10.1. The summed E-state index contributed by atoms with van der Waals surface area (Å²) in [6.07, 6.45) is 4.77. The minimum absolute atomic E-state index is 0.555. The highest BCUT2D eigenvalue weighted by Crippen LogP contribution is 2.13. The van der Waals surface area contributed by atoms with Crippen molar-refractivity contribution in [2.45, 2.75) is 26.8 Å². The van der Waals surface area contributed by atoms with E-state index in [0.29, 0.717) is 5.11 Å². The SMILES string of the molecule is CCc1ccc(NC(=S)Nc2cnn(Cc3ccccc3C)c2)cc1. The number of thiocarbonyl (C=S) groups is 1. The van der Waals surface area contributed by atoms with Gasteiger partial charge in [-0.25, -0.2) is 0 Å². The second-order valence-electron chi connectivity index (χ2n) is 5.98. The molecule has 0 fully saturated rings. The summed E-state index contributed by atoms with van der Waals surface area (Å²) in [6.45, 7) is 5.00. The van der Waals surface area contributed by atoms with E-state index in [-0.39, 0.29) is 0 Å². The second-order valence-corrected chi connectivity index (χ2v) is 6.39. The van der Waals surface area contributed by atoms with E-state index >= 15 is 0 Å². The fourth-order valence-corrected chi connectivity index (χ4v) is 2.83. The highest BCUT2D eigenvalue weighted by atomic mass is 32.1. The number of anilines is 2. The number of benzene rings is 2. The van der Waals surface area contributed by atoms with Gasteiger partial charge in [-0.15, -0.1) is 0 Å². The maximum absolute atomic E-state index is 5.38. The molecule has 0 unspecified atom stereocenters. The van der Waals surface area contributed by atoms with Crippen LogP contribution in [0.4, 0.5) is 11.4 Å². The van der Waals surface area contributed by atoms with Gasteiger partial charge in [-0.2, -0.15) is 5.10 Å². The van der Waals surface area contributed by atoms with Gasteiger partial charge in [0.2, 0.25) is 0 Å². The Hall–Kier alpha value is -2.66. The number of aromatic nitrogens is 2. The molecule has 0 radical (unpaired) electrons. The largest absolute Gasteiger partial charge is 0.332 e. The van der Waals surface area contributed by atoms with Crippen molar-refractivity contribution in [3.05, 3.63) is 77.6 Å². The second kappa shape index (κ2) is 7.94. The highest BCUT2D eigenvalue weighted by molar-refractivity contribution is 7.80. The normalized spacial score (nSPS) is 10.5. The van der Waals surface area contributed by atoms with Gasteiger partial charge in [0, 0.05) is 11.9 Å². The minimum atomic E-state index is 0.555. The summed E-state index contributed by atoms with van der Waals surface area (Å²) in [5.74, 6) is 0. The zero-order valence-corrected chi connectivity index (χ0v) is 15.3. The standard InChI is InChI=1S/C20H22N4S/c1-3-16-8-10-18(11-9-16)22-20(25)23-19-12-21-24(14-19)13-17-7-5-4-6-15(17)2/h4-12,14H,3,13H2,1-2H3,(H2,22,23,25). The third-order valence-electron chi connectivity index (χ3n) is 4.10. The Labute approximate surface area is 153 Å². The van der Waals surface area contributed by atoms with E-state index in [9.17, 15) is 0 Å². The van der Waals surface area contributed by atoms with Gasteiger partial charge >= 0.3 is 0 Å². The predicted molar refractivity (Wildman–Crippen MR) is 108 cm³/mol. The summed E-state index contributed by atoms with van der Waals surface area (Å²) in [7, 11) is 0. The van der Waals surface area contributed by atoms with Crippen LogP contribution in [0, 0.1) is 6.92 Å². The molecule has 5 heteroatoms. The molecular formula is C20H22N4S. The van der Waals surface area contributed by atoms with E-state index in [4.69, 9.17) is 12.2 Å². The van der Waals surface area contributed by atoms with Crippen LogP contribution in [-0.2, 0) is 13.0 Å². The molecule has 1 aromatic heterocycles. The molecule has 0 aliphatic heterocycles. The molecule has 0 aliphatic rings. The van der Waals surface area contributed by atoms with Crippen molar-refractivity contribution in [1.82, 2.24) is 9.78 Å². The van der Waals surface area contributed by atoms with Crippen LogP contribution in [-0.4, -0.2) is 14.9 Å². The molecule has 128 valence electrons. The number of nitrogens with zero attached hydrogens (tertiary/aromatic N) is 2. The first kappa shape index (κ1) is 17.2. The molecule has 0 amide bonds. The average Bonchev–Trinajstić information content (AvgIpc) is 3.04. The van der Waals surface area contributed by atoms with Gasteiger partial charge in [-0.3, -0.25) is 4.68 Å². The summed E-state index contributed by atoms with van der Waals surface area (Å²) in [4.78, 5) is 0. The average molecular weight is 350 g/mol. The van der Waals surface area contributed by atoms with Gasteiger partial charge in [-0.1, -0.05) is 43.3 Å². The Kier molecular flexibility index (Phi) is 5.46. The van der Waals surface area contributed by atoms with Crippen molar-refractivity contribution in [2.75, 3.05) is 10.6 Å². The van der Waals surface area contributed by atoms with E-state index in [1.54, 1.807) is 6.20 Å². The lowest BCUT2D eigenvalue weighted by molar-refractivity contribution is 0.684. The molecule has 25 heavy (non-hydrogen) atoms. The van der Waals surface area contributed by atoms with E-state index < -0.39 is 0 Å². The Morgan fingerprint density at radius 1 is 1.04 bits per heavy atom. The van der Waals surface area contributed by atoms with E-state index in [1.165, 1.54) is 16.7 Å². The number of aryl methyl sites for hydroxylation is 2. The molecule has 4 nitrogen and oxygen atoms in total. The molecule has 2 aromatic carbocycles.